The molecule has 0 amide bonds. The lowest BCUT2D eigenvalue weighted by Crippen LogP contribution is -2.28. The fraction of sp³-hybridized carbons (Fsp3) is 0.318. The number of pyridine rings is 2. The summed E-state index contributed by atoms with van der Waals surface area (Å²) in [4.78, 5) is 16.8. The van der Waals surface area contributed by atoms with Crippen LogP contribution >= 0.6 is 11.8 Å². The van der Waals surface area contributed by atoms with Crippen molar-refractivity contribution in [3.8, 4) is 5.82 Å². The Balaban J connectivity index is 1.63. The van der Waals surface area contributed by atoms with Gasteiger partial charge >= 0.3 is 0 Å². The normalized spacial score (nSPS) is 23.8. The highest BCUT2D eigenvalue weighted by Crippen LogP contribution is 2.48. The van der Waals surface area contributed by atoms with Crippen LogP contribution in [0, 0.1) is 13.8 Å². The summed E-state index contributed by atoms with van der Waals surface area (Å²) in [5, 5.41) is 1.71. The average Bonchev–Trinajstić information content (AvgIpc) is 3.33. The number of aryl methyl sites for hydroxylation is 1. The first-order valence-corrected chi connectivity index (χ1v) is 10.5. The van der Waals surface area contributed by atoms with Crippen molar-refractivity contribution in [2.45, 2.75) is 38.1 Å². The lowest BCUT2D eigenvalue weighted by atomic mass is 9.96. The van der Waals surface area contributed by atoms with Crippen molar-refractivity contribution in [1.82, 2.24) is 19.4 Å². The van der Waals surface area contributed by atoms with Crippen LogP contribution in [0.3, 0.4) is 0 Å². The molecule has 1 fully saturated rings. The molecule has 1 saturated heterocycles. The predicted octanol–water partition coefficient (Wildman–Crippen LogP) is 4.47. The number of fused-ring (bicyclic) bond motifs is 1. The second kappa shape index (κ2) is 6.78. The molecule has 0 saturated carbocycles. The lowest BCUT2D eigenvalue weighted by Gasteiger charge is -2.27. The van der Waals surface area contributed by atoms with Crippen molar-refractivity contribution in [2.24, 2.45) is 4.99 Å². The van der Waals surface area contributed by atoms with E-state index in [-0.39, 0.29) is 12.1 Å². The number of aromatic nitrogens is 3. The van der Waals surface area contributed by atoms with Gasteiger partial charge in [0.2, 0.25) is 0 Å². The van der Waals surface area contributed by atoms with Crippen LogP contribution in [0.5, 0.6) is 0 Å². The summed E-state index contributed by atoms with van der Waals surface area (Å²) in [6, 6.07) is 14.7. The van der Waals surface area contributed by atoms with Crippen LogP contribution in [0.15, 0.2) is 59.9 Å². The summed E-state index contributed by atoms with van der Waals surface area (Å²) in [6.07, 6.45) is 3.71. The highest BCUT2D eigenvalue weighted by atomic mass is 32.2. The molecule has 28 heavy (non-hydrogen) atoms. The van der Waals surface area contributed by atoms with Gasteiger partial charge in [-0.2, -0.15) is 0 Å². The molecule has 0 radical (unpaired) electrons. The van der Waals surface area contributed by atoms with E-state index in [9.17, 15) is 0 Å². The third kappa shape index (κ3) is 2.75. The maximum atomic E-state index is 5.10. The Kier molecular flexibility index (Phi) is 4.23. The Labute approximate surface area is 169 Å². The first-order chi connectivity index (χ1) is 13.6. The molecule has 2 aliphatic rings. The summed E-state index contributed by atoms with van der Waals surface area (Å²) in [5.74, 6) is 0.960. The van der Waals surface area contributed by atoms with Crippen molar-refractivity contribution in [2.75, 3.05) is 6.54 Å². The van der Waals surface area contributed by atoms with Gasteiger partial charge in [-0.05, 0) is 49.7 Å². The molecule has 0 aromatic carbocycles. The topological polar surface area (TPSA) is 46.3 Å². The van der Waals surface area contributed by atoms with Crippen molar-refractivity contribution in [3.05, 3.63) is 77.5 Å². The Bertz CT molecular complexity index is 1030. The molecule has 5 rings (SSSR count). The molecule has 3 aromatic rings. The first-order valence-electron chi connectivity index (χ1n) is 9.66. The molecule has 0 unspecified atom stereocenters. The first kappa shape index (κ1) is 17.5. The number of aliphatic imine (C=N–C) groups is 1. The van der Waals surface area contributed by atoms with Gasteiger partial charge in [0, 0.05) is 35.6 Å². The molecule has 0 N–H and O–H groups in total. The zero-order valence-electron chi connectivity index (χ0n) is 16.3. The standard InChI is InChI=1S/C22H23N5S/c1-14-12-17(16(3)27(14)19-9-5-7-11-24-19)21-20(18-8-4-6-10-23-18)25-22-26(21)13-15(2)28-22/h4-12,15,20-21H,13H2,1-3H3/t15-,20-,21-/m1/s1. The Morgan fingerprint density at radius 3 is 2.54 bits per heavy atom. The van der Waals surface area contributed by atoms with E-state index < -0.39 is 0 Å². The van der Waals surface area contributed by atoms with Gasteiger partial charge in [0.05, 0.1) is 11.7 Å². The van der Waals surface area contributed by atoms with E-state index >= 15 is 0 Å². The summed E-state index contributed by atoms with van der Waals surface area (Å²) in [5.41, 5.74) is 4.76. The van der Waals surface area contributed by atoms with Gasteiger partial charge in [-0.25, -0.2) is 4.98 Å². The van der Waals surface area contributed by atoms with Crippen LogP contribution in [0.4, 0.5) is 0 Å². The zero-order valence-corrected chi connectivity index (χ0v) is 17.1. The van der Waals surface area contributed by atoms with E-state index in [0.717, 1.165) is 23.2 Å². The molecule has 3 aromatic heterocycles. The summed E-state index contributed by atoms with van der Waals surface area (Å²) in [7, 11) is 0. The molecule has 2 aliphatic heterocycles. The van der Waals surface area contributed by atoms with Gasteiger partial charge in [-0.3, -0.25) is 9.98 Å². The van der Waals surface area contributed by atoms with Gasteiger partial charge in [-0.1, -0.05) is 30.8 Å². The number of hydrogen-bond donors (Lipinski definition) is 0. The van der Waals surface area contributed by atoms with E-state index in [0.29, 0.717) is 5.25 Å². The fourth-order valence-electron chi connectivity index (χ4n) is 4.38. The van der Waals surface area contributed by atoms with Gasteiger partial charge < -0.3 is 9.47 Å². The van der Waals surface area contributed by atoms with E-state index in [1.807, 2.05) is 42.4 Å². The number of rotatable bonds is 3. The predicted molar refractivity (Wildman–Crippen MR) is 114 cm³/mol. The molecular formula is C22H23N5S. The highest BCUT2D eigenvalue weighted by Gasteiger charge is 2.44. The smallest absolute Gasteiger partial charge is 0.160 e. The molecule has 5 heterocycles. The molecule has 0 spiro atoms. The molecule has 5 nitrogen and oxygen atoms in total. The minimum absolute atomic E-state index is 0.0221. The second-order valence-corrected chi connectivity index (χ2v) is 8.89. The fourth-order valence-corrected chi connectivity index (χ4v) is 5.47. The maximum absolute atomic E-state index is 5.10. The number of amidine groups is 1. The number of thioether (sulfide) groups is 1. The van der Waals surface area contributed by atoms with Crippen molar-refractivity contribution < 1.29 is 0 Å². The Morgan fingerprint density at radius 2 is 1.82 bits per heavy atom. The summed E-state index contributed by atoms with van der Waals surface area (Å²) < 4.78 is 2.25. The third-order valence-corrected chi connectivity index (χ3v) is 6.65. The van der Waals surface area contributed by atoms with E-state index in [2.05, 4.69) is 64.5 Å². The molecule has 0 bridgehead atoms. The largest absolute Gasteiger partial charge is 0.341 e. The van der Waals surface area contributed by atoms with E-state index in [4.69, 9.17) is 4.99 Å². The Morgan fingerprint density at radius 1 is 1.04 bits per heavy atom. The minimum atomic E-state index is 0.0221. The molecule has 142 valence electrons. The van der Waals surface area contributed by atoms with Gasteiger partial charge in [0.1, 0.15) is 11.9 Å². The molecule has 3 atom stereocenters. The molecule has 0 aliphatic carbocycles. The zero-order chi connectivity index (χ0) is 19.3. The Hall–Kier alpha value is -2.60. The van der Waals surface area contributed by atoms with Gasteiger partial charge in [0.15, 0.2) is 5.17 Å². The van der Waals surface area contributed by atoms with E-state index in [1.165, 1.54) is 17.0 Å². The van der Waals surface area contributed by atoms with Crippen LogP contribution in [0.25, 0.3) is 5.82 Å². The van der Waals surface area contributed by atoms with Crippen LogP contribution in [0.1, 0.15) is 41.7 Å². The maximum Gasteiger partial charge on any atom is 0.160 e. The highest BCUT2D eigenvalue weighted by molar-refractivity contribution is 8.14. The second-order valence-electron chi connectivity index (χ2n) is 7.49. The van der Waals surface area contributed by atoms with Crippen LogP contribution in [0.2, 0.25) is 0 Å². The molecular weight excluding hydrogens is 366 g/mol. The third-order valence-electron chi connectivity index (χ3n) is 5.55. The van der Waals surface area contributed by atoms with Crippen molar-refractivity contribution in [1.29, 1.82) is 0 Å². The summed E-state index contributed by atoms with van der Waals surface area (Å²) >= 11 is 1.88. The molecule has 6 heteroatoms. The average molecular weight is 390 g/mol. The number of nitrogens with zero attached hydrogens (tertiary/aromatic N) is 5. The van der Waals surface area contributed by atoms with Crippen molar-refractivity contribution >= 4 is 16.9 Å². The van der Waals surface area contributed by atoms with Gasteiger partial charge in [0.25, 0.3) is 0 Å². The number of hydrogen-bond acceptors (Lipinski definition) is 5. The lowest BCUT2D eigenvalue weighted by molar-refractivity contribution is 0.320. The summed E-state index contributed by atoms with van der Waals surface area (Å²) in [6.45, 7) is 7.64. The van der Waals surface area contributed by atoms with Crippen LogP contribution in [-0.4, -0.2) is 36.4 Å². The monoisotopic (exact) mass is 389 g/mol. The van der Waals surface area contributed by atoms with Crippen molar-refractivity contribution in [3.63, 3.8) is 0 Å². The minimum Gasteiger partial charge on any atom is -0.341 e. The quantitative estimate of drug-likeness (QED) is 0.663. The van der Waals surface area contributed by atoms with E-state index in [1.54, 1.807) is 0 Å². The SMILES string of the molecule is Cc1cc([C@@H]2[C@@H](c3ccccn3)N=C3S[C@H](C)CN32)c(C)n1-c1ccccn1. The van der Waals surface area contributed by atoms with Crippen LogP contribution < -0.4 is 0 Å². The van der Waals surface area contributed by atoms with Crippen LogP contribution in [-0.2, 0) is 0 Å². The van der Waals surface area contributed by atoms with Gasteiger partial charge in [-0.15, -0.1) is 0 Å².